The predicted octanol–water partition coefficient (Wildman–Crippen LogP) is 2.12. The molecule has 20 heavy (non-hydrogen) atoms. The monoisotopic (exact) mass is 270 g/mol. The van der Waals surface area contributed by atoms with Gasteiger partial charge in [-0.1, -0.05) is 0 Å². The average molecular weight is 270 g/mol. The number of carbonyl (C=O) groups is 1. The molecule has 0 saturated heterocycles. The second kappa shape index (κ2) is 5.28. The molecule has 0 aliphatic rings. The minimum atomic E-state index is -0.631. The first-order chi connectivity index (χ1) is 9.51. The molecule has 0 fully saturated rings. The number of rotatable bonds is 3. The normalized spacial score (nSPS) is 9.80. The van der Waals surface area contributed by atoms with Gasteiger partial charge in [-0.3, -0.25) is 4.79 Å². The van der Waals surface area contributed by atoms with Crippen molar-refractivity contribution >= 4 is 23.0 Å². The first-order valence-electron chi connectivity index (χ1n) is 5.67. The summed E-state index contributed by atoms with van der Waals surface area (Å²) in [4.78, 5) is 11.3. The van der Waals surface area contributed by atoms with Crippen molar-refractivity contribution in [3.8, 4) is 6.07 Å². The van der Waals surface area contributed by atoms with E-state index in [0.717, 1.165) is 6.07 Å². The number of anilines is 3. The number of nitrogens with zero attached hydrogens (tertiary/aromatic N) is 1. The van der Waals surface area contributed by atoms with Crippen LogP contribution in [0.3, 0.4) is 0 Å². The zero-order valence-electron chi connectivity index (χ0n) is 10.4. The molecule has 0 radical (unpaired) electrons. The predicted molar refractivity (Wildman–Crippen MR) is 73.8 cm³/mol. The Kier molecular flexibility index (Phi) is 3.53. The topological polar surface area (TPSA) is 105 Å². The zero-order valence-corrected chi connectivity index (χ0v) is 10.4. The highest BCUT2D eigenvalue weighted by molar-refractivity contribution is 6.00. The van der Waals surface area contributed by atoms with Crippen LogP contribution in [0, 0.1) is 17.1 Å². The second-order valence-corrected chi connectivity index (χ2v) is 4.10. The van der Waals surface area contributed by atoms with Crippen molar-refractivity contribution in [2.24, 2.45) is 5.73 Å². The maximum Gasteiger partial charge on any atom is 0.250 e. The highest BCUT2D eigenvalue weighted by Crippen LogP contribution is 2.26. The molecule has 1 amide bonds. The van der Waals surface area contributed by atoms with Crippen LogP contribution in [0.2, 0.25) is 0 Å². The Morgan fingerprint density at radius 1 is 1.20 bits per heavy atom. The summed E-state index contributed by atoms with van der Waals surface area (Å²) in [6.07, 6.45) is 0. The van der Waals surface area contributed by atoms with Gasteiger partial charge < -0.3 is 16.8 Å². The molecule has 5 N–H and O–H groups in total. The van der Waals surface area contributed by atoms with Gasteiger partial charge in [0.1, 0.15) is 11.9 Å². The number of primary amides is 1. The van der Waals surface area contributed by atoms with E-state index in [1.54, 1.807) is 6.07 Å². The van der Waals surface area contributed by atoms with E-state index < -0.39 is 11.7 Å². The van der Waals surface area contributed by atoms with Gasteiger partial charge in [-0.05, 0) is 36.4 Å². The van der Waals surface area contributed by atoms with E-state index in [4.69, 9.17) is 16.7 Å². The maximum absolute atomic E-state index is 13.1. The van der Waals surface area contributed by atoms with Crippen LogP contribution in [-0.2, 0) is 0 Å². The fraction of sp³-hybridized carbons (Fsp3) is 0. The smallest absolute Gasteiger partial charge is 0.250 e. The Balaban J connectivity index is 2.47. The Bertz CT molecular complexity index is 722. The van der Waals surface area contributed by atoms with Crippen molar-refractivity contribution in [2.75, 3.05) is 11.1 Å². The summed E-state index contributed by atoms with van der Waals surface area (Å²) < 4.78 is 13.1. The average Bonchev–Trinajstić information content (AvgIpc) is 2.40. The van der Waals surface area contributed by atoms with E-state index in [1.165, 1.54) is 24.3 Å². The maximum atomic E-state index is 13.1. The quantitative estimate of drug-likeness (QED) is 0.743. The largest absolute Gasteiger partial charge is 0.399 e. The molecule has 100 valence electrons. The SMILES string of the molecule is N#Cc1cc(F)ccc1Nc1cc(N)ccc1C(N)=O. The van der Waals surface area contributed by atoms with Crippen molar-refractivity contribution in [2.45, 2.75) is 0 Å². The summed E-state index contributed by atoms with van der Waals surface area (Å²) in [5.41, 5.74) is 12.4. The van der Waals surface area contributed by atoms with E-state index >= 15 is 0 Å². The third-order valence-electron chi connectivity index (χ3n) is 2.68. The van der Waals surface area contributed by atoms with Crippen LogP contribution in [0.1, 0.15) is 15.9 Å². The minimum Gasteiger partial charge on any atom is -0.399 e. The third-order valence-corrected chi connectivity index (χ3v) is 2.68. The van der Waals surface area contributed by atoms with Gasteiger partial charge >= 0.3 is 0 Å². The summed E-state index contributed by atoms with van der Waals surface area (Å²) in [6, 6.07) is 10.1. The van der Waals surface area contributed by atoms with Crippen LogP contribution >= 0.6 is 0 Å². The number of hydrogen-bond donors (Lipinski definition) is 3. The number of amides is 1. The van der Waals surface area contributed by atoms with Crippen molar-refractivity contribution < 1.29 is 9.18 Å². The van der Waals surface area contributed by atoms with Crippen LogP contribution in [0.4, 0.5) is 21.5 Å². The summed E-state index contributed by atoms with van der Waals surface area (Å²) in [5, 5.41) is 11.9. The summed E-state index contributed by atoms with van der Waals surface area (Å²) in [6.45, 7) is 0. The van der Waals surface area contributed by atoms with Crippen LogP contribution in [0.25, 0.3) is 0 Å². The zero-order chi connectivity index (χ0) is 14.7. The molecule has 0 aliphatic heterocycles. The van der Waals surface area contributed by atoms with Crippen LogP contribution in [0.15, 0.2) is 36.4 Å². The lowest BCUT2D eigenvalue weighted by Crippen LogP contribution is -2.13. The van der Waals surface area contributed by atoms with Crippen molar-refractivity contribution in [1.82, 2.24) is 0 Å². The van der Waals surface area contributed by atoms with Gasteiger partial charge in [-0.2, -0.15) is 5.26 Å². The Hall–Kier alpha value is -3.07. The van der Waals surface area contributed by atoms with Gasteiger partial charge in [0.15, 0.2) is 0 Å². The molecule has 0 atom stereocenters. The molecule has 0 unspecified atom stereocenters. The number of halogens is 1. The summed E-state index contributed by atoms with van der Waals surface area (Å²) in [5.74, 6) is -1.15. The van der Waals surface area contributed by atoms with Gasteiger partial charge in [0.05, 0.1) is 22.5 Å². The molecule has 6 heteroatoms. The fourth-order valence-electron chi connectivity index (χ4n) is 1.74. The second-order valence-electron chi connectivity index (χ2n) is 4.10. The highest BCUT2D eigenvalue weighted by atomic mass is 19.1. The number of benzene rings is 2. The Labute approximate surface area is 114 Å². The van der Waals surface area contributed by atoms with E-state index in [0.29, 0.717) is 17.1 Å². The van der Waals surface area contributed by atoms with Crippen molar-refractivity contribution in [3.05, 3.63) is 53.3 Å². The number of nitrogen functional groups attached to an aromatic ring is 1. The standard InChI is InChI=1S/C14H11FN4O/c15-9-1-4-12(8(5-9)7-16)19-13-6-10(17)2-3-11(13)14(18)20/h1-6,19H,17H2,(H2,18,20). The number of hydrogen-bond acceptors (Lipinski definition) is 4. The van der Waals surface area contributed by atoms with Crippen LogP contribution in [-0.4, -0.2) is 5.91 Å². The molecule has 0 heterocycles. The van der Waals surface area contributed by atoms with E-state index in [1.807, 2.05) is 6.07 Å². The van der Waals surface area contributed by atoms with Gasteiger partial charge in [0, 0.05) is 5.69 Å². The lowest BCUT2D eigenvalue weighted by Gasteiger charge is -2.12. The molecule has 0 bridgehead atoms. The van der Waals surface area contributed by atoms with Crippen molar-refractivity contribution in [1.29, 1.82) is 5.26 Å². The van der Waals surface area contributed by atoms with Gasteiger partial charge in [-0.15, -0.1) is 0 Å². The highest BCUT2D eigenvalue weighted by Gasteiger charge is 2.11. The molecule has 0 aromatic heterocycles. The number of carbonyl (C=O) groups excluding carboxylic acids is 1. The van der Waals surface area contributed by atoms with Gasteiger partial charge in [-0.25, -0.2) is 4.39 Å². The van der Waals surface area contributed by atoms with Crippen LogP contribution < -0.4 is 16.8 Å². The first-order valence-corrected chi connectivity index (χ1v) is 5.67. The number of nitrogens with two attached hydrogens (primary N) is 2. The molecule has 0 saturated carbocycles. The van der Waals surface area contributed by atoms with Crippen molar-refractivity contribution in [3.63, 3.8) is 0 Å². The van der Waals surface area contributed by atoms with Gasteiger partial charge in [0.2, 0.25) is 0 Å². The lowest BCUT2D eigenvalue weighted by molar-refractivity contribution is 0.100. The minimum absolute atomic E-state index is 0.114. The molecule has 0 spiro atoms. The summed E-state index contributed by atoms with van der Waals surface area (Å²) >= 11 is 0. The van der Waals surface area contributed by atoms with E-state index in [-0.39, 0.29) is 11.1 Å². The molecular formula is C14H11FN4O. The summed E-state index contributed by atoms with van der Waals surface area (Å²) in [7, 11) is 0. The van der Waals surface area contributed by atoms with Gasteiger partial charge in [0.25, 0.3) is 5.91 Å². The number of nitrogens with one attached hydrogen (secondary N) is 1. The molecule has 5 nitrogen and oxygen atoms in total. The molecule has 2 rings (SSSR count). The fourth-order valence-corrected chi connectivity index (χ4v) is 1.74. The van der Waals surface area contributed by atoms with E-state index in [2.05, 4.69) is 5.32 Å². The molecular weight excluding hydrogens is 259 g/mol. The number of nitriles is 1. The third kappa shape index (κ3) is 2.67. The van der Waals surface area contributed by atoms with Crippen LogP contribution in [0.5, 0.6) is 0 Å². The Morgan fingerprint density at radius 2 is 1.95 bits per heavy atom. The molecule has 2 aromatic rings. The lowest BCUT2D eigenvalue weighted by atomic mass is 10.1. The Morgan fingerprint density at radius 3 is 2.60 bits per heavy atom. The molecule has 0 aliphatic carbocycles. The van der Waals surface area contributed by atoms with E-state index in [9.17, 15) is 9.18 Å². The first kappa shape index (κ1) is 13.4. The molecule has 2 aromatic carbocycles.